The Morgan fingerprint density at radius 3 is 2.43 bits per heavy atom. The third-order valence-electron chi connectivity index (χ3n) is 2.94. The molecule has 0 unspecified atom stereocenters. The fourth-order valence-electron chi connectivity index (χ4n) is 1.84. The lowest BCUT2D eigenvalue weighted by Gasteiger charge is -2.18. The van der Waals surface area contributed by atoms with E-state index in [1.807, 2.05) is 0 Å². The maximum absolute atomic E-state index is 12.5. The second-order valence-corrected chi connectivity index (χ2v) is 4.68. The van der Waals surface area contributed by atoms with Crippen LogP contribution in [-0.4, -0.2) is 23.0 Å². The highest BCUT2D eigenvalue weighted by molar-refractivity contribution is 6.35. The van der Waals surface area contributed by atoms with Gasteiger partial charge in [0.2, 0.25) is 0 Å². The van der Waals surface area contributed by atoms with Gasteiger partial charge in [-0.25, -0.2) is 0 Å². The summed E-state index contributed by atoms with van der Waals surface area (Å²) in [6, 6.07) is 9.94. The predicted molar refractivity (Wildman–Crippen MR) is 78.9 cm³/mol. The van der Waals surface area contributed by atoms with Gasteiger partial charge in [-0.1, -0.05) is 17.7 Å². The number of phenolic OH excluding ortho intramolecular Hbond substituents is 1. The number of benzene rings is 2. The SMILES string of the molecule is CN(C(=O)c1c(Cl)cccc1[N+](=O)[O-])c1ccc(O)cc1. The molecule has 0 radical (unpaired) electrons. The minimum absolute atomic E-state index is 0.0137. The summed E-state index contributed by atoms with van der Waals surface area (Å²) in [6.45, 7) is 0. The van der Waals surface area contributed by atoms with Crippen molar-refractivity contribution in [2.45, 2.75) is 0 Å². The zero-order chi connectivity index (χ0) is 15.6. The van der Waals surface area contributed by atoms with Gasteiger partial charge < -0.3 is 10.0 Å². The highest BCUT2D eigenvalue weighted by Crippen LogP contribution is 2.29. The van der Waals surface area contributed by atoms with E-state index in [9.17, 15) is 20.0 Å². The monoisotopic (exact) mass is 306 g/mol. The minimum Gasteiger partial charge on any atom is -0.508 e. The van der Waals surface area contributed by atoms with Gasteiger partial charge in [0.1, 0.15) is 11.3 Å². The van der Waals surface area contributed by atoms with Crippen LogP contribution < -0.4 is 4.90 Å². The normalized spacial score (nSPS) is 10.2. The number of phenols is 1. The maximum atomic E-state index is 12.5. The van der Waals surface area contributed by atoms with Crippen molar-refractivity contribution in [2.24, 2.45) is 0 Å². The number of nitro groups is 1. The van der Waals surface area contributed by atoms with Crippen LogP contribution >= 0.6 is 11.6 Å². The molecule has 6 nitrogen and oxygen atoms in total. The number of aromatic hydroxyl groups is 1. The van der Waals surface area contributed by atoms with Gasteiger partial charge in [0.15, 0.2) is 0 Å². The van der Waals surface area contributed by atoms with Crippen molar-refractivity contribution in [3.63, 3.8) is 0 Å². The van der Waals surface area contributed by atoms with Crippen molar-refractivity contribution in [2.75, 3.05) is 11.9 Å². The van der Waals surface area contributed by atoms with Gasteiger partial charge >= 0.3 is 0 Å². The van der Waals surface area contributed by atoms with E-state index in [0.717, 1.165) is 0 Å². The molecule has 1 N–H and O–H groups in total. The average molecular weight is 307 g/mol. The highest BCUT2D eigenvalue weighted by atomic mass is 35.5. The number of carbonyl (C=O) groups is 1. The van der Waals surface area contributed by atoms with Gasteiger partial charge in [0, 0.05) is 18.8 Å². The largest absolute Gasteiger partial charge is 0.508 e. The number of carbonyl (C=O) groups excluding carboxylic acids is 1. The molecule has 108 valence electrons. The number of rotatable bonds is 3. The number of nitrogens with zero attached hydrogens (tertiary/aromatic N) is 2. The van der Waals surface area contributed by atoms with Crippen LogP contribution in [0.5, 0.6) is 5.75 Å². The molecule has 1 amide bonds. The molecule has 0 bridgehead atoms. The predicted octanol–water partition coefficient (Wildman–Crippen LogP) is 3.23. The van der Waals surface area contributed by atoms with Gasteiger partial charge in [-0.3, -0.25) is 14.9 Å². The van der Waals surface area contributed by atoms with Gasteiger partial charge in [-0.2, -0.15) is 0 Å². The Kier molecular flexibility index (Phi) is 4.09. The van der Waals surface area contributed by atoms with Gasteiger partial charge in [-0.15, -0.1) is 0 Å². The van der Waals surface area contributed by atoms with Crippen molar-refractivity contribution >= 4 is 28.9 Å². The Hall–Kier alpha value is -2.60. The summed E-state index contributed by atoms with van der Waals surface area (Å²) in [5.41, 5.74) is -0.0371. The third kappa shape index (κ3) is 2.95. The fraction of sp³-hybridized carbons (Fsp3) is 0.0714. The topological polar surface area (TPSA) is 83.7 Å². The summed E-state index contributed by atoms with van der Waals surface area (Å²) >= 11 is 5.93. The lowest BCUT2D eigenvalue weighted by Crippen LogP contribution is -2.27. The number of halogens is 1. The molecule has 7 heteroatoms. The summed E-state index contributed by atoms with van der Waals surface area (Å²) in [5, 5.41) is 20.3. The molecule has 2 rings (SSSR count). The van der Waals surface area contributed by atoms with Crippen LogP contribution in [0.2, 0.25) is 5.02 Å². The standard InChI is InChI=1S/C14H11ClN2O4/c1-16(9-5-7-10(18)8-6-9)14(19)13-11(15)3-2-4-12(13)17(20)21/h2-8,18H,1H3. The molecule has 0 aliphatic heterocycles. The van der Waals surface area contributed by atoms with E-state index in [-0.39, 0.29) is 22.0 Å². The number of hydrogen-bond acceptors (Lipinski definition) is 4. The maximum Gasteiger partial charge on any atom is 0.283 e. The second kappa shape index (κ2) is 5.80. The van der Waals surface area contributed by atoms with E-state index in [4.69, 9.17) is 11.6 Å². The Labute approximate surface area is 125 Å². The second-order valence-electron chi connectivity index (χ2n) is 4.27. The van der Waals surface area contributed by atoms with Gasteiger partial charge in [0.05, 0.1) is 9.95 Å². The molecule has 2 aromatic carbocycles. The van der Waals surface area contributed by atoms with Crippen molar-refractivity contribution in [3.05, 3.63) is 63.2 Å². The first-order valence-corrected chi connectivity index (χ1v) is 6.29. The molecule has 0 fully saturated rings. The lowest BCUT2D eigenvalue weighted by atomic mass is 10.1. The van der Waals surface area contributed by atoms with Crippen LogP contribution in [0, 0.1) is 10.1 Å². The summed E-state index contributed by atoms with van der Waals surface area (Å²) in [4.78, 5) is 24.1. The Bertz CT molecular complexity index is 701. The molecule has 0 atom stereocenters. The Morgan fingerprint density at radius 2 is 1.86 bits per heavy atom. The number of amides is 1. The quantitative estimate of drug-likeness (QED) is 0.697. The van der Waals surface area contributed by atoms with E-state index in [1.54, 1.807) is 0 Å². The van der Waals surface area contributed by atoms with E-state index in [1.165, 1.54) is 54.4 Å². The van der Waals surface area contributed by atoms with Gasteiger partial charge in [-0.05, 0) is 30.3 Å². The first-order chi connectivity index (χ1) is 9.91. The smallest absolute Gasteiger partial charge is 0.283 e. The van der Waals surface area contributed by atoms with Crippen LogP contribution in [0.25, 0.3) is 0 Å². The van der Waals surface area contributed by atoms with Crippen LogP contribution in [0.3, 0.4) is 0 Å². The summed E-state index contributed by atoms with van der Waals surface area (Å²) in [7, 11) is 1.47. The first kappa shape index (κ1) is 14.8. The molecule has 21 heavy (non-hydrogen) atoms. The van der Waals surface area contributed by atoms with Crippen LogP contribution in [0.4, 0.5) is 11.4 Å². The molecule has 2 aromatic rings. The molecule has 0 aliphatic carbocycles. The van der Waals surface area contributed by atoms with Crippen molar-refractivity contribution in [1.29, 1.82) is 0 Å². The van der Waals surface area contributed by atoms with E-state index < -0.39 is 10.8 Å². The van der Waals surface area contributed by atoms with Crippen molar-refractivity contribution < 1.29 is 14.8 Å². The summed E-state index contributed by atoms with van der Waals surface area (Å²) in [6.07, 6.45) is 0. The zero-order valence-electron chi connectivity index (χ0n) is 11.0. The minimum atomic E-state index is -0.649. The average Bonchev–Trinajstić information content (AvgIpc) is 2.46. The molecule has 0 spiro atoms. The molecule has 0 aliphatic rings. The van der Waals surface area contributed by atoms with Crippen LogP contribution in [-0.2, 0) is 0 Å². The third-order valence-corrected chi connectivity index (χ3v) is 3.26. The number of anilines is 1. The molecule has 0 saturated carbocycles. The van der Waals surface area contributed by atoms with Crippen molar-refractivity contribution in [3.8, 4) is 5.75 Å². The molecule has 0 heterocycles. The lowest BCUT2D eigenvalue weighted by molar-refractivity contribution is -0.385. The van der Waals surface area contributed by atoms with Crippen LogP contribution in [0.15, 0.2) is 42.5 Å². The fourth-order valence-corrected chi connectivity index (χ4v) is 2.09. The number of hydrogen-bond donors (Lipinski definition) is 1. The zero-order valence-corrected chi connectivity index (χ0v) is 11.7. The molecule has 0 saturated heterocycles. The van der Waals surface area contributed by atoms with Crippen LogP contribution in [0.1, 0.15) is 10.4 Å². The van der Waals surface area contributed by atoms with E-state index >= 15 is 0 Å². The first-order valence-electron chi connectivity index (χ1n) is 5.92. The molecular formula is C14H11ClN2O4. The van der Waals surface area contributed by atoms with Crippen molar-refractivity contribution in [1.82, 2.24) is 0 Å². The molecule has 0 aromatic heterocycles. The highest BCUT2D eigenvalue weighted by Gasteiger charge is 2.26. The van der Waals surface area contributed by atoms with E-state index in [2.05, 4.69) is 0 Å². The van der Waals surface area contributed by atoms with Gasteiger partial charge in [0.25, 0.3) is 11.6 Å². The van der Waals surface area contributed by atoms with E-state index in [0.29, 0.717) is 5.69 Å². The Balaban J connectivity index is 2.45. The summed E-state index contributed by atoms with van der Waals surface area (Å²) in [5.74, 6) is -0.540. The number of nitro benzene ring substituents is 1. The summed E-state index contributed by atoms with van der Waals surface area (Å²) < 4.78 is 0. The molecular weight excluding hydrogens is 296 g/mol. The Morgan fingerprint density at radius 1 is 1.24 bits per heavy atom.